The molecule has 2 aromatic rings. The van der Waals surface area contributed by atoms with Crippen LogP contribution >= 0.6 is 0 Å². The number of benzene rings is 1. The van der Waals surface area contributed by atoms with Gasteiger partial charge in [-0.15, -0.1) is 0 Å². The predicted octanol–water partition coefficient (Wildman–Crippen LogP) is 2.19. The summed E-state index contributed by atoms with van der Waals surface area (Å²) in [6, 6.07) is 3.43. The van der Waals surface area contributed by atoms with E-state index in [4.69, 9.17) is 23.7 Å². The Morgan fingerprint density at radius 3 is 2.61 bits per heavy atom. The number of hydrogen-bond donors (Lipinski definition) is 1. The highest BCUT2D eigenvalue weighted by Crippen LogP contribution is 2.34. The zero-order valence-electron chi connectivity index (χ0n) is 18.5. The Hall–Kier alpha value is -3.50. The molecule has 10 heteroatoms. The van der Waals surface area contributed by atoms with Gasteiger partial charge in [0.1, 0.15) is 24.9 Å². The molecule has 0 unspecified atom stereocenters. The van der Waals surface area contributed by atoms with E-state index in [9.17, 15) is 9.59 Å². The lowest BCUT2D eigenvalue weighted by Gasteiger charge is -2.25. The molecule has 2 aliphatic rings. The molecule has 1 saturated heterocycles. The van der Waals surface area contributed by atoms with Crippen molar-refractivity contribution in [2.45, 2.75) is 18.9 Å². The minimum absolute atomic E-state index is 0.0458. The first-order valence-electron chi connectivity index (χ1n) is 10.6. The topological polar surface area (TPSA) is 118 Å². The van der Waals surface area contributed by atoms with Gasteiger partial charge in [-0.2, -0.15) is 0 Å². The second-order valence-corrected chi connectivity index (χ2v) is 7.43. The molecule has 33 heavy (non-hydrogen) atoms. The number of rotatable bonds is 9. The normalized spacial score (nSPS) is 16.9. The molecule has 0 saturated carbocycles. The van der Waals surface area contributed by atoms with Gasteiger partial charge in [-0.1, -0.05) is 0 Å². The third-order valence-corrected chi connectivity index (χ3v) is 5.23. The number of nitrogens with one attached hydrogen (secondary N) is 1. The third-order valence-electron chi connectivity index (χ3n) is 5.23. The van der Waals surface area contributed by atoms with E-state index in [1.807, 2.05) is 0 Å². The molecular weight excluding hydrogens is 430 g/mol. The third kappa shape index (κ3) is 5.29. The van der Waals surface area contributed by atoms with Gasteiger partial charge in [0.15, 0.2) is 17.3 Å². The van der Waals surface area contributed by atoms with Gasteiger partial charge in [-0.25, -0.2) is 9.97 Å². The SMILES string of the molecule is COCCOc1cc2ncnc(NC3=CC(=O)C(OC4CCOCC4)=CC3=O)c2cc1OC. The van der Waals surface area contributed by atoms with Gasteiger partial charge in [0.25, 0.3) is 0 Å². The van der Waals surface area contributed by atoms with E-state index >= 15 is 0 Å². The number of anilines is 1. The first kappa shape index (κ1) is 22.7. The summed E-state index contributed by atoms with van der Waals surface area (Å²) >= 11 is 0. The summed E-state index contributed by atoms with van der Waals surface area (Å²) < 4.78 is 27.2. The molecule has 0 radical (unpaired) electrons. The molecule has 1 N–H and O–H groups in total. The molecular formula is C23H25N3O7. The number of allylic oxidation sites excluding steroid dienone is 2. The fourth-order valence-electron chi connectivity index (χ4n) is 3.50. The quantitative estimate of drug-likeness (QED) is 0.445. The molecule has 0 atom stereocenters. The molecule has 0 spiro atoms. The van der Waals surface area contributed by atoms with E-state index in [1.165, 1.54) is 25.6 Å². The first-order valence-corrected chi connectivity index (χ1v) is 10.6. The highest BCUT2D eigenvalue weighted by molar-refractivity contribution is 6.20. The summed E-state index contributed by atoms with van der Waals surface area (Å²) in [4.78, 5) is 33.8. The van der Waals surface area contributed by atoms with Crippen LogP contribution in [0.3, 0.4) is 0 Å². The van der Waals surface area contributed by atoms with Gasteiger partial charge in [-0.05, 0) is 6.07 Å². The minimum atomic E-state index is -0.381. The summed E-state index contributed by atoms with van der Waals surface area (Å²) in [7, 11) is 3.12. The van der Waals surface area contributed by atoms with Gasteiger partial charge in [-0.3, -0.25) is 9.59 Å². The summed E-state index contributed by atoms with van der Waals surface area (Å²) in [5.41, 5.74) is 0.675. The summed E-state index contributed by atoms with van der Waals surface area (Å²) in [5, 5.41) is 3.55. The Bertz CT molecular complexity index is 1110. The lowest BCUT2D eigenvalue weighted by molar-refractivity contribution is -0.119. The van der Waals surface area contributed by atoms with Crippen molar-refractivity contribution in [3.05, 3.63) is 42.1 Å². The van der Waals surface area contributed by atoms with Crippen LogP contribution in [-0.4, -0.2) is 68.3 Å². The van der Waals surface area contributed by atoms with E-state index in [-0.39, 0.29) is 29.1 Å². The van der Waals surface area contributed by atoms with Crippen LogP contribution < -0.4 is 14.8 Å². The number of nitrogens with zero attached hydrogens (tertiary/aromatic N) is 2. The molecule has 1 aliphatic heterocycles. The first-order chi connectivity index (χ1) is 16.1. The molecule has 2 heterocycles. The number of fused-ring (bicyclic) bond motifs is 1. The Morgan fingerprint density at radius 1 is 1.03 bits per heavy atom. The van der Waals surface area contributed by atoms with Crippen molar-refractivity contribution in [3.63, 3.8) is 0 Å². The van der Waals surface area contributed by atoms with Crippen LogP contribution in [0.2, 0.25) is 0 Å². The maximum absolute atomic E-state index is 12.7. The Labute approximate surface area is 190 Å². The summed E-state index contributed by atoms with van der Waals surface area (Å²) in [6.07, 6.45) is 5.03. The Kier molecular flexibility index (Phi) is 7.16. The number of carbonyl (C=O) groups is 2. The maximum Gasteiger partial charge on any atom is 0.222 e. The molecule has 1 aliphatic carbocycles. The fourth-order valence-corrected chi connectivity index (χ4v) is 3.50. The van der Waals surface area contributed by atoms with Crippen LogP contribution in [-0.2, 0) is 23.8 Å². The van der Waals surface area contributed by atoms with Crippen LogP contribution in [0.4, 0.5) is 5.82 Å². The monoisotopic (exact) mass is 455 g/mol. The zero-order valence-corrected chi connectivity index (χ0v) is 18.5. The van der Waals surface area contributed by atoms with Gasteiger partial charge in [0.05, 0.1) is 38.1 Å². The second kappa shape index (κ2) is 10.4. The van der Waals surface area contributed by atoms with Crippen LogP contribution in [0, 0.1) is 0 Å². The van der Waals surface area contributed by atoms with Crippen molar-refractivity contribution in [1.29, 1.82) is 0 Å². The molecule has 174 valence electrons. The largest absolute Gasteiger partial charge is 0.493 e. The molecule has 10 nitrogen and oxygen atoms in total. The Balaban J connectivity index is 1.54. The average molecular weight is 455 g/mol. The second-order valence-electron chi connectivity index (χ2n) is 7.43. The predicted molar refractivity (Wildman–Crippen MR) is 118 cm³/mol. The van der Waals surface area contributed by atoms with E-state index < -0.39 is 0 Å². The van der Waals surface area contributed by atoms with Crippen LogP contribution in [0.15, 0.2) is 42.1 Å². The van der Waals surface area contributed by atoms with Crippen molar-refractivity contribution in [1.82, 2.24) is 9.97 Å². The van der Waals surface area contributed by atoms with Crippen molar-refractivity contribution >= 4 is 28.3 Å². The number of ketones is 2. The van der Waals surface area contributed by atoms with Crippen molar-refractivity contribution < 1.29 is 33.3 Å². The van der Waals surface area contributed by atoms with E-state index in [0.717, 1.165) is 0 Å². The smallest absolute Gasteiger partial charge is 0.222 e. The zero-order chi connectivity index (χ0) is 23.2. The molecule has 4 rings (SSSR count). The Morgan fingerprint density at radius 2 is 1.85 bits per heavy atom. The number of hydrogen-bond acceptors (Lipinski definition) is 10. The van der Waals surface area contributed by atoms with Gasteiger partial charge >= 0.3 is 0 Å². The highest BCUT2D eigenvalue weighted by atomic mass is 16.5. The molecule has 1 aromatic carbocycles. The molecule has 0 amide bonds. The van der Waals surface area contributed by atoms with Crippen LogP contribution in [0.25, 0.3) is 10.9 Å². The minimum Gasteiger partial charge on any atom is -0.493 e. The maximum atomic E-state index is 12.7. The van der Waals surface area contributed by atoms with Gasteiger partial charge in [0.2, 0.25) is 11.6 Å². The lowest BCUT2D eigenvalue weighted by Crippen LogP contribution is -2.27. The lowest BCUT2D eigenvalue weighted by atomic mass is 10.1. The number of methoxy groups -OCH3 is 2. The fraction of sp³-hybridized carbons (Fsp3) is 0.391. The number of ether oxygens (including phenoxy) is 5. The van der Waals surface area contributed by atoms with Crippen molar-refractivity contribution in [2.24, 2.45) is 0 Å². The van der Waals surface area contributed by atoms with Crippen LogP contribution in [0.5, 0.6) is 11.5 Å². The molecule has 1 fully saturated rings. The van der Waals surface area contributed by atoms with Crippen molar-refractivity contribution in [2.75, 3.05) is 46.0 Å². The standard InChI is InChI=1S/C23H25N3O7/c1-29-7-8-32-22-11-16-15(9-21(22)30-2)23(25-13-24-16)26-17-10-19(28)20(12-18(17)27)33-14-3-5-31-6-4-14/h9-14H,3-8H2,1-2H3,(H,24,25,26). The summed E-state index contributed by atoms with van der Waals surface area (Å²) in [5.74, 6) is 0.625. The van der Waals surface area contributed by atoms with E-state index in [1.54, 1.807) is 19.2 Å². The highest BCUT2D eigenvalue weighted by Gasteiger charge is 2.26. The molecule has 0 bridgehead atoms. The number of carbonyl (C=O) groups excluding carboxylic acids is 2. The average Bonchev–Trinajstić information content (AvgIpc) is 2.83. The van der Waals surface area contributed by atoms with Gasteiger partial charge < -0.3 is 29.0 Å². The van der Waals surface area contributed by atoms with Crippen molar-refractivity contribution in [3.8, 4) is 11.5 Å². The van der Waals surface area contributed by atoms with Gasteiger partial charge in [0, 0.05) is 43.6 Å². The van der Waals surface area contributed by atoms with Crippen LogP contribution in [0.1, 0.15) is 12.8 Å². The van der Waals surface area contributed by atoms with E-state index in [0.29, 0.717) is 67.5 Å². The number of aromatic nitrogens is 2. The summed E-state index contributed by atoms with van der Waals surface area (Å²) in [6.45, 7) is 1.93. The van der Waals surface area contributed by atoms with E-state index in [2.05, 4.69) is 15.3 Å². The molecule has 1 aromatic heterocycles.